The summed E-state index contributed by atoms with van der Waals surface area (Å²) in [6.07, 6.45) is 0.508. The molecule has 1 heterocycles. The zero-order chi connectivity index (χ0) is 20.9. The molecule has 0 aliphatic carbocycles. The van der Waals surface area contributed by atoms with E-state index in [9.17, 15) is 19.7 Å². The monoisotopic (exact) mass is 390 g/mol. The van der Waals surface area contributed by atoms with Crippen LogP contribution in [0, 0.1) is 10.1 Å². The summed E-state index contributed by atoms with van der Waals surface area (Å²) in [7, 11) is 1.15. The van der Waals surface area contributed by atoms with Gasteiger partial charge in [-0.3, -0.25) is 10.1 Å². The van der Waals surface area contributed by atoms with Gasteiger partial charge in [0.15, 0.2) is 0 Å². The number of ether oxygens (including phenoxy) is 2. The number of rotatable bonds is 6. The number of hydrogen-bond donors (Lipinski definition) is 1. The molecule has 0 fully saturated rings. The van der Waals surface area contributed by atoms with E-state index in [1.165, 1.54) is 4.68 Å². The van der Waals surface area contributed by atoms with Crippen molar-refractivity contribution in [2.24, 2.45) is 0 Å². The van der Waals surface area contributed by atoms with Crippen molar-refractivity contribution in [3.05, 3.63) is 57.4 Å². The first-order chi connectivity index (χ1) is 13.1. The number of esters is 1. The van der Waals surface area contributed by atoms with Crippen molar-refractivity contribution in [1.29, 1.82) is 0 Å². The van der Waals surface area contributed by atoms with E-state index in [4.69, 9.17) is 4.74 Å². The number of hydrogen-bond acceptors (Lipinski definition) is 7. The van der Waals surface area contributed by atoms with Crippen molar-refractivity contribution in [3.8, 4) is 0 Å². The van der Waals surface area contributed by atoms with Gasteiger partial charge >= 0.3 is 17.7 Å². The number of nitrogens with zero attached hydrogens (tertiary/aromatic N) is 3. The summed E-state index contributed by atoms with van der Waals surface area (Å²) >= 11 is 0. The van der Waals surface area contributed by atoms with Crippen LogP contribution in [-0.2, 0) is 22.6 Å². The molecule has 10 nitrogen and oxygen atoms in total. The highest BCUT2D eigenvalue weighted by Gasteiger charge is 2.27. The zero-order valence-corrected chi connectivity index (χ0v) is 16.1. The van der Waals surface area contributed by atoms with E-state index >= 15 is 0 Å². The molecule has 28 heavy (non-hydrogen) atoms. The number of nitrogens with one attached hydrogen (secondary N) is 1. The Morgan fingerprint density at radius 3 is 2.36 bits per heavy atom. The minimum absolute atomic E-state index is 0.151. The molecule has 0 unspecified atom stereocenters. The van der Waals surface area contributed by atoms with Crippen LogP contribution in [0.5, 0.6) is 0 Å². The van der Waals surface area contributed by atoms with E-state index in [0.717, 1.165) is 24.4 Å². The first kappa shape index (κ1) is 20.9. The molecule has 0 bridgehead atoms. The molecule has 1 amide bonds. The molecule has 0 spiro atoms. The Kier molecular flexibility index (Phi) is 6.34. The molecule has 1 N–H and O–H groups in total. The molecule has 0 atom stereocenters. The number of alkyl carbamates (subject to hydrolysis) is 1. The van der Waals surface area contributed by atoms with Crippen LogP contribution in [0.3, 0.4) is 0 Å². The molecule has 2 rings (SSSR count). The maximum atomic E-state index is 11.9. The van der Waals surface area contributed by atoms with Crippen molar-refractivity contribution in [3.63, 3.8) is 0 Å². The topological polar surface area (TPSA) is 126 Å². The average molecular weight is 390 g/mol. The number of nitro groups is 1. The average Bonchev–Trinajstić information content (AvgIpc) is 3.03. The summed E-state index contributed by atoms with van der Waals surface area (Å²) in [6.45, 7) is 5.78. The predicted molar refractivity (Wildman–Crippen MR) is 98.8 cm³/mol. The van der Waals surface area contributed by atoms with Crippen LogP contribution in [0.15, 0.2) is 30.5 Å². The van der Waals surface area contributed by atoms with E-state index in [1.807, 2.05) is 0 Å². The van der Waals surface area contributed by atoms with Crippen LogP contribution in [0.25, 0.3) is 0 Å². The van der Waals surface area contributed by atoms with Gasteiger partial charge in [-0.15, -0.1) is 0 Å². The summed E-state index contributed by atoms with van der Waals surface area (Å²) in [6, 6.07) is 7.15. The lowest BCUT2D eigenvalue weighted by Crippen LogP contribution is -2.32. The first-order valence-electron chi connectivity index (χ1n) is 8.44. The quantitative estimate of drug-likeness (QED) is 0.456. The summed E-state index contributed by atoms with van der Waals surface area (Å²) in [5.41, 5.74) is 0.407. The van der Waals surface area contributed by atoms with Gasteiger partial charge in [0, 0.05) is 6.54 Å². The maximum Gasteiger partial charge on any atom is 0.407 e. The molecular weight excluding hydrogens is 368 g/mol. The molecule has 10 heteroatoms. The van der Waals surface area contributed by atoms with Crippen molar-refractivity contribution in [1.82, 2.24) is 15.1 Å². The Morgan fingerprint density at radius 1 is 1.21 bits per heavy atom. The van der Waals surface area contributed by atoms with Crippen LogP contribution < -0.4 is 5.32 Å². The van der Waals surface area contributed by atoms with Gasteiger partial charge in [0.1, 0.15) is 11.8 Å². The lowest BCUT2D eigenvalue weighted by molar-refractivity contribution is -0.385. The fourth-order valence-corrected chi connectivity index (χ4v) is 2.36. The fraction of sp³-hybridized carbons (Fsp3) is 0.389. The third-order valence-electron chi connectivity index (χ3n) is 3.59. The SMILES string of the molecule is COC(=O)c1c([N+](=O)[O-])cnn1Cc1ccc(CNC(=O)OC(C)(C)C)cc1. The summed E-state index contributed by atoms with van der Waals surface area (Å²) in [5, 5.41) is 17.6. The summed E-state index contributed by atoms with van der Waals surface area (Å²) in [5.74, 6) is -0.831. The van der Waals surface area contributed by atoms with Gasteiger partial charge in [-0.1, -0.05) is 24.3 Å². The number of carbonyl (C=O) groups is 2. The number of aromatic nitrogens is 2. The smallest absolute Gasteiger partial charge is 0.407 e. The minimum Gasteiger partial charge on any atom is -0.464 e. The molecule has 2 aromatic rings. The lowest BCUT2D eigenvalue weighted by Gasteiger charge is -2.19. The number of benzene rings is 1. The Morgan fingerprint density at radius 2 is 1.82 bits per heavy atom. The van der Waals surface area contributed by atoms with E-state index < -0.39 is 28.3 Å². The highest BCUT2D eigenvalue weighted by Crippen LogP contribution is 2.20. The molecular formula is C18H22N4O6. The lowest BCUT2D eigenvalue weighted by atomic mass is 10.1. The van der Waals surface area contributed by atoms with Gasteiger partial charge in [-0.2, -0.15) is 5.10 Å². The first-order valence-corrected chi connectivity index (χ1v) is 8.44. The summed E-state index contributed by atoms with van der Waals surface area (Å²) in [4.78, 5) is 33.9. The number of carbonyl (C=O) groups excluding carboxylic acids is 2. The highest BCUT2D eigenvalue weighted by atomic mass is 16.6. The highest BCUT2D eigenvalue weighted by molar-refractivity contribution is 5.91. The molecule has 0 aliphatic heterocycles. The van der Waals surface area contributed by atoms with E-state index in [0.29, 0.717) is 0 Å². The molecule has 1 aromatic heterocycles. The summed E-state index contributed by atoms with van der Waals surface area (Å²) < 4.78 is 11.0. The van der Waals surface area contributed by atoms with Crippen molar-refractivity contribution in [2.45, 2.75) is 39.5 Å². The van der Waals surface area contributed by atoms with Crippen LogP contribution in [0.2, 0.25) is 0 Å². The Hall–Kier alpha value is -3.43. The molecule has 1 aromatic carbocycles. The predicted octanol–water partition coefficient (Wildman–Crippen LogP) is 2.65. The van der Waals surface area contributed by atoms with Gasteiger partial charge in [-0.25, -0.2) is 14.3 Å². The molecule has 150 valence electrons. The minimum atomic E-state index is -0.831. The number of methoxy groups -OCH3 is 1. The van der Waals surface area contributed by atoms with Crippen molar-refractivity contribution >= 4 is 17.7 Å². The van der Waals surface area contributed by atoms with Gasteiger partial charge < -0.3 is 14.8 Å². The van der Waals surface area contributed by atoms with Gasteiger partial charge in [0.05, 0.1) is 18.6 Å². The third kappa shape index (κ3) is 5.53. The molecule has 0 saturated carbocycles. The van der Waals surface area contributed by atoms with Gasteiger partial charge in [-0.05, 0) is 31.9 Å². The van der Waals surface area contributed by atoms with E-state index in [-0.39, 0.29) is 18.8 Å². The molecule has 0 radical (unpaired) electrons. The van der Waals surface area contributed by atoms with Crippen LogP contribution in [0.4, 0.5) is 10.5 Å². The van der Waals surface area contributed by atoms with E-state index in [2.05, 4.69) is 15.2 Å². The molecule has 0 aliphatic rings. The van der Waals surface area contributed by atoms with Gasteiger partial charge in [0.2, 0.25) is 5.69 Å². The van der Waals surface area contributed by atoms with Crippen molar-refractivity contribution < 1.29 is 24.0 Å². The Bertz CT molecular complexity index is 867. The Labute approximate surface area is 161 Å². The zero-order valence-electron chi connectivity index (χ0n) is 16.1. The Balaban J connectivity index is 2.06. The molecule has 0 saturated heterocycles. The third-order valence-corrected chi connectivity index (χ3v) is 3.59. The second kappa shape index (κ2) is 8.51. The van der Waals surface area contributed by atoms with Crippen LogP contribution in [0.1, 0.15) is 42.4 Å². The normalized spacial score (nSPS) is 11.0. The van der Waals surface area contributed by atoms with Crippen LogP contribution >= 0.6 is 0 Å². The largest absolute Gasteiger partial charge is 0.464 e. The maximum absolute atomic E-state index is 11.9. The second-order valence-electron chi connectivity index (χ2n) is 6.96. The van der Waals surface area contributed by atoms with E-state index in [1.54, 1.807) is 45.0 Å². The fourth-order valence-electron chi connectivity index (χ4n) is 2.36. The number of amides is 1. The van der Waals surface area contributed by atoms with Crippen molar-refractivity contribution in [2.75, 3.05) is 7.11 Å². The van der Waals surface area contributed by atoms with Crippen LogP contribution in [-0.4, -0.2) is 39.5 Å². The standard InChI is InChI=1S/C18H22N4O6/c1-18(2,3)28-17(24)19-9-12-5-7-13(8-6-12)11-21-15(16(23)27-4)14(10-20-21)22(25)26/h5-8,10H,9,11H2,1-4H3,(H,19,24). The van der Waals surface area contributed by atoms with Gasteiger partial charge in [0.25, 0.3) is 0 Å². The second-order valence-corrected chi connectivity index (χ2v) is 6.96.